The second-order valence-electron chi connectivity index (χ2n) is 4.89. The van der Waals surface area contributed by atoms with Crippen LogP contribution in [0.15, 0.2) is 12.1 Å². The van der Waals surface area contributed by atoms with Crippen molar-refractivity contribution in [1.82, 2.24) is 15.1 Å². The Kier molecular flexibility index (Phi) is 6.43. The molecule has 0 amide bonds. The lowest BCUT2D eigenvalue weighted by molar-refractivity contribution is 0.246. The molecule has 0 aromatic carbocycles. The third kappa shape index (κ3) is 6.39. The summed E-state index contributed by atoms with van der Waals surface area (Å²) in [5.41, 5.74) is 0. The van der Waals surface area contributed by atoms with Gasteiger partial charge in [0.1, 0.15) is 6.61 Å². The zero-order chi connectivity index (χ0) is 13.4. The first-order valence-corrected chi connectivity index (χ1v) is 6.32. The molecule has 0 spiro atoms. The SMILES string of the molecule is CC(C)CCOc1ccc(OCCN(C)C)nn1. The van der Waals surface area contributed by atoms with Gasteiger partial charge >= 0.3 is 0 Å². The van der Waals surface area contributed by atoms with Crippen molar-refractivity contribution in [3.05, 3.63) is 12.1 Å². The van der Waals surface area contributed by atoms with Gasteiger partial charge in [0.25, 0.3) is 0 Å². The Morgan fingerprint density at radius 1 is 1.06 bits per heavy atom. The molecule has 0 radical (unpaired) electrons. The minimum atomic E-state index is 0.535. The van der Waals surface area contributed by atoms with E-state index in [-0.39, 0.29) is 0 Å². The number of rotatable bonds is 8. The maximum atomic E-state index is 5.48. The minimum absolute atomic E-state index is 0.535. The molecule has 18 heavy (non-hydrogen) atoms. The van der Waals surface area contributed by atoms with Crippen molar-refractivity contribution in [3.63, 3.8) is 0 Å². The summed E-state index contributed by atoms with van der Waals surface area (Å²) in [7, 11) is 4.00. The van der Waals surface area contributed by atoms with E-state index < -0.39 is 0 Å². The smallest absolute Gasteiger partial charge is 0.233 e. The van der Waals surface area contributed by atoms with E-state index in [1.165, 1.54) is 0 Å². The van der Waals surface area contributed by atoms with E-state index in [1.54, 1.807) is 12.1 Å². The van der Waals surface area contributed by atoms with Gasteiger partial charge in [0.15, 0.2) is 0 Å². The average Bonchev–Trinajstić information content (AvgIpc) is 2.30. The Balaban J connectivity index is 2.28. The van der Waals surface area contributed by atoms with Gasteiger partial charge in [-0.1, -0.05) is 13.8 Å². The molecule has 1 heterocycles. The molecule has 0 aliphatic heterocycles. The van der Waals surface area contributed by atoms with E-state index in [0.717, 1.165) is 13.0 Å². The van der Waals surface area contributed by atoms with Gasteiger partial charge in [-0.15, -0.1) is 10.2 Å². The van der Waals surface area contributed by atoms with E-state index in [0.29, 0.717) is 30.9 Å². The number of nitrogens with zero attached hydrogens (tertiary/aromatic N) is 3. The monoisotopic (exact) mass is 253 g/mol. The van der Waals surface area contributed by atoms with Crippen molar-refractivity contribution in [2.24, 2.45) is 5.92 Å². The number of aromatic nitrogens is 2. The molecule has 0 aliphatic carbocycles. The Hall–Kier alpha value is -1.36. The third-order valence-electron chi connectivity index (χ3n) is 2.35. The fraction of sp³-hybridized carbons (Fsp3) is 0.692. The van der Waals surface area contributed by atoms with Gasteiger partial charge in [-0.2, -0.15) is 0 Å². The summed E-state index contributed by atoms with van der Waals surface area (Å²) < 4.78 is 10.9. The molecular formula is C13H23N3O2. The van der Waals surface area contributed by atoms with Gasteiger partial charge < -0.3 is 14.4 Å². The number of hydrogen-bond donors (Lipinski definition) is 0. The van der Waals surface area contributed by atoms with Crippen LogP contribution in [0.1, 0.15) is 20.3 Å². The van der Waals surface area contributed by atoms with E-state index in [2.05, 4.69) is 28.9 Å². The minimum Gasteiger partial charge on any atom is -0.477 e. The van der Waals surface area contributed by atoms with Gasteiger partial charge in [-0.3, -0.25) is 0 Å². The summed E-state index contributed by atoms with van der Waals surface area (Å²) in [6.45, 7) is 6.46. The number of ether oxygens (including phenoxy) is 2. The van der Waals surface area contributed by atoms with Crippen LogP contribution in [0, 0.1) is 5.92 Å². The topological polar surface area (TPSA) is 47.5 Å². The van der Waals surface area contributed by atoms with Crippen molar-refractivity contribution in [2.75, 3.05) is 33.9 Å². The fourth-order valence-corrected chi connectivity index (χ4v) is 1.19. The van der Waals surface area contributed by atoms with E-state index in [1.807, 2.05) is 14.1 Å². The molecule has 1 rings (SSSR count). The molecule has 0 fully saturated rings. The number of likely N-dealkylation sites (N-methyl/N-ethyl adjacent to an activating group) is 1. The van der Waals surface area contributed by atoms with Crippen LogP contribution >= 0.6 is 0 Å². The molecule has 0 saturated carbocycles. The van der Waals surface area contributed by atoms with Crippen LogP contribution in [0.25, 0.3) is 0 Å². The van der Waals surface area contributed by atoms with Gasteiger partial charge in [0, 0.05) is 18.7 Å². The second kappa shape index (κ2) is 7.87. The Morgan fingerprint density at radius 2 is 1.61 bits per heavy atom. The van der Waals surface area contributed by atoms with Crippen molar-refractivity contribution < 1.29 is 9.47 Å². The van der Waals surface area contributed by atoms with Crippen molar-refractivity contribution in [1.29, 1.82) is 0 Å². The highest BCUT2D eigenvalue weighted by atomic mass is 16.5. The molecular weight excluding hydrogens is 230 g/mol. The van der Waals surface area contributed by atoms with E-state index in [9.17, 15) is 0 Å². The zero-order valence-electron chi connectivity index (χ0n) is 11.7. The molecule has 0 atom stereocenters. The Morgan fingerprint density at radius 3 is 2.06 bits per heavy atom. The fourth-order valence-electron chi connectivity index (χ4n) is 1.19. The predicted octanol–water partition coefficient (Wildman–Crippen LogP) is 1.84. The lowest BCUT2D eigenvalue weighted by atomic mass is 10.1. The van der Waals surface area contributed by atoms with Crippen LogP contribution in [0.4, 0.5) is 0 Å². The number of hydrogen-bond acceptors (Lipinski definition) is 5. The van der Waals surface area contributed by atoms with Crippen molar-refractivity contribution >= 4 is 0 Å². The van der Waals surface area contributed by atoms with E-state index in [4.69, 9.17) is 9.47 Å². The normalized spacial score (nSPS) is 11.0. The summed E-state index contributed by atoms with van der Waals surface area (Å²) >= 11 is 0. The first-order valence-electron chi connectivity index (χ1n) is 6.32. The molecule has 0 unspecified atom stereocenters. The molecule has 1 aromatic rings. The lowest BCUT2D eigenvalue weighted by Gasteiger charge is -2.10. The molecule has 5 nitrogen and oxygen atoms in total. The van der Waals surface area contributed by atoms with Crippen LogP contribution in [-0.2, 0) is 0 Å². The highest BCUT2D eigenvalue weighted by Crippen LogP contribution is 2.11. The molecule has 0 aliphatic rings. The van der Waals surface area contributed by atoms with Gasteiger partial charge in [0.2, 0.25) is 11.8 Å². The molecule has 0 saturated heterocycles. The maximum Gasteiger partial charge on any atom is 0.233 e. The Labute approximate surface area is 109 Å². The molecule has 0 N–H and O–H groups in total. The molecule has 0 bridgehead atoms. The van der Waals surface area contributed by atoms with Crippen molar-refractivity contribution in [3.8, 4) is 11.8 Å². The van der Waals surface area contributed by atoms with Crippen LogP contribution in [0.3, 0.4) is 0 Å². The maximum absolute atomic E-state index is 5.48. The largest absolute Gasteiger partial charge is 0.477 e. The van der Waals surface area contributed by atoms with Crippen LogP contribution < -0.4 is 9.47 Å². The molecule has 1 aromatic heterocycles. The molecule has 102 valence electrons. The highest BCUT2D eigenvalue weighted by molar-refractivity contribution is 5.15. The Bertz CT molecular complexity index is 293. The van der Waals surface area contributed by atoms with Gasteiger partial charge in [-0.25, -0.2) is 0 Å². The lowest BCUT2D eigenvalue weighted by Crippen LogP contribution is -2.19. The quantitative estimate of drug-likeness (QED) is 0.707. The predicted molar refractivity (Wildman–Crippen MR) is 71.0 cm³/mol. The summed E-state index contributed by atoms with van der Waals surface area (Å²) in [4.78, 5) is 2.05. The molecule has 5 heteroatoms. The summed E-state index contributed by atoms with van der Waals surface area (Å²) in [6, 6.07) is 3.58. The second-order valence-corrected chi connectivity index (χ2v) is 4.89. The van der Waals surface area contributed by atoms with Crippen molar-refractivity contribution in [2.45, 2.75) is 20.3 Å². The zero-order valence-corrected chi connectivity index (χ0v) is 11.7. The average molecular weight is 253 g/mol. The van der Waals surface area contributed by atoms with Crippen LogP contribution in [-0.4, -0.2) is 49.0 Å². The highest BCUT2D eigenvalue weighted by Gasteiger charge is 2.01. The summed E-state index contributed by atoms with van der Waals surface area (Å²) in [5.74, 6) is 1.72. The van der Waals surface area contributed by atoms with Gasteiger partial charge in [0.05, 0.1) is 6.61 Å². The standard InChI is InChI=1S/C13H23N3O2/c1-11(2)7-9-17-12-5-6-13(15-14-12)18-10-8-16(3)4/h5-6,11H,7-10H2,1-4H3. The van der Waals surface area contributed by atoms with Gasteiger partial charge in [-0.05, 0) is 26.4 Å². The first-order chi connectivity index (χ1) is 8.58. The summed E-state index contributed by atoms with van der Waals surface area (Å²) in [5, 5.41) is 7.92. The first kappa shape index (κ1) is 14.7. The van der Waals surface area contributed by atoms with Crippen LogP contribution in [0.2, 0.25) is 0 Å². The third-order valence-corrected chi connectivity index (χ3v) is 2.35. The summed E-state index contributed by atoms with van der Waals surface area (Å²) in [6.07, 6.45) is 1.02. The van der Waals surface area contributed by atoms with E-state index >= 15 is 0 Å². The van der Waals surface area contributed by atoms with Crippen LogP contribution in [0.5, 0.6) is 11.8 Å².